The van der Waals surface area contributed by atoms with E-state index >= 15 is 0 Å². The zero-order chi connectivity index (χ0) is 16.5. The lowest BCUT2D eigenvalue weighted by Crippen LogP contribution is -2.13. The number of fused-ring (bicyclic) bond motifs is 2. The quantitative estimate of drug-likeness (QED) is 0.602. The number of nitrogens with one attached hydrogen (secondary N) is 1. The van der Waals surface area contributed by atoms with E-state index in [-0.39, 0.29) is 10.6 Å². The average Bonchev–Trinajstić information content (AvgIpc) is 2.62. The molecule has 0 saturated heterocycles. The second-order valence-corrected chi connectivity index (χ2v) is 6.33. The van der Waals surface area contributed by atoms with Crippen LogP contribution in [0.1, 0.15) is 9.67 Å². The zero-order valence-corrected chi connectivity index (χ0v) is 13.3. The summed E-state index contributed by atoms with van der Waals surface area (Å²) in [6.07, 6.45) is 1.71. The van der Waals surface area contributed by atoms with E-state index in [0.717, 1.165) is 27.6 Å². The first kappa shape index (κ1) is 14.5. The summed E-state index contributed by atoms with van der Waals surface area (Å²) in [5, 5.41) is 5.15. The third kappa shape index (κ3) is 2.55. The maximum atomic E-state index is 12.6. The van der Waals surface area contributed by atoms with Crippen LogP contribution in [0.25, 0.3) is 21.7 Å². The van der Waals surface area contributed by atoms with Gasteiger partial charge in [0.25, 0.3) is 5.91 Å². The van der Waals surface area contributed by atoms with Crippen molar-refractivity contribution in [3.05, 3.63) is 81.3 Å². The van der Waals surface area contributed by atoms with E-state index in [9.17, 15) is 9.59 Å². The fourth-order valence-corrected chi connectivity index (χ4v) is 3.47. The lowest BCUT2D eigenvalue weighted by molar-refractivity contribution is 0.103. The summed E-state index contributed by atoms with van der Waals surface area (Å²) in [6.45, 7) is 0. The minimum atomic E-state index is -0.292. The predicted molar refractivity (Wildman–Crippen MR) is 97.8 cm³/mol. The van der Waals surface area contributed by atoms with Crippen LogP contribution in [0.3, 0.4) is 0 Å². The largest absolute Gasteiger partial charge is 0.321 e. The number of carbonyl (C=O) groups excluding carboxylic acids is 1. The molecule has 5 heteroatoms. The van der Waals surface area contributed by atoms with E-state index in [2.05, 4.69) is 10.3 Å². The van der Waals surface area contributed by atoms with Crippen molar-refractivity contribution in [2.75, 3.05) is 5.32 Å². The number of pyridine rings is 1. The van der Waals surface area contributed by atoms with E-state index in [4.69, 9.17) is 0 Å². The number of amides is 1. The van der Waals surface area contributed by atoms with Gasteiger partial charge < -0.3 is 5.32 Å². The Kier molecular flexibility index (Phi) is 3.55. The van der Waals surface area contributed by atoms with Crippen molar-refractivity contribution in [3.8, 4) is 0 Å². The van der Waals surface area contributed by atoms with Gasteiger partial charge in [0.1, 0.15) is 0 Å². The molecule has 2 aromatic carbocycles. The molecule has 4 nitrogen and oxygen atoms in total. The van der Waals surface area contributed by atoms with Crippen LogP contribution in [-0.4, -0.2) is 10.9 Å². The predicted octanol–water partition coefficient (Wildman–Crippen LogP) is 4.06. The molecule has 1 amide bonds. The molecule has 0 radical (unpaired) electrons. The molecular formula is C19H12N2O2S. The maximum absolute atomic E-state index is 12.6. The van der Waals surface area contributed by atoms with Crippen LogP contribution in [-0.2, 0) is 0 Å². The maximum Gasteiger partial charge on any atom is 0.265 e. The van der Waals surface area contributed by atoms with Crippen molar-refractivity contribution < 1.29 is 4.79 Å². The Morgan fingerprint density at radius 1 is 0.958 bits per heavy atom. The Morgan fingerprint density at radius 2 is 1.79 bits per heavy atom. The third-order valence-corrected chi connectivity index (χ3v) is 4.72. The lowest BCUT2D eigenvalue weighted by atomic mass is 10.1. The summed E-state index contributed by atoms with van der Waals surface area (Å²) < 4.78 is -0.113. The van der Waals surface area contributed by atoms with Crippen LogP contribution in [0.4, 0.5) is 5.69 Å². The molecule has 2 heterocycles. The summed E-state index contributed by atoms with van der Waals surface area (Å²) in [5.41, 5.74) is 1.49. The zero-order valence-electron chi connectivity index (χ0n) is 12.5. The van der Waals surface area contributed by atoms with E-state index in [1.807, 2.05) is 48.5 Å². The van der Waals surface area contributed by atoms with E-state index in [1.165, 1.54) is 0 Å². The van der Waals surface area contributed by atoms with Crippen molar-refractivity contribution in [1.29, 1.82) is 0 Å². The summed E-state index contributed by atoms with van der Waals surface area (Å²) in [5.74, 6) is -0.292. The first-order valence-corrected chi connectivity index (χ1v) is 8.22. The Bertz CT molecular complexity index is 1130. The van der Waals surface area contributed by atoms with Crippen molar-refractivity contribution in [2.45, 2.75) is 0 Å². The van der Waals surface area contributed by atoms with Gasteiger partial charge in [0.2, 0.25) is 4.74 Å². The highest BCUT2D eigenvalue weighted by Gasteiger charge is 2.12. The Morgan fingerprint density at radius 3 is 2.71 bits per heavy atom. The third-order valence-electron chi connectivity index (χ3n) is 3.79. The van der Waals surface area contributed by atoms with Crippen LogP contribution in [0, 0.1) is 0 Å². The van der Waals surface area contributed by atoms with Crippen LogP contribution < -0.4 is 10.1 Å². The Hall–Kier alpha value is -3.05. The monoisotopic (exact) mass is 332 g/mol. The SMILES string of the molecule is O=C(Nc1cccc2ncccc12)c1cc2ccccc2c(=O)s1. The topological polar surface area (TPSA) is 59.1 Å². The van der Waals surface area contributed by atoms with Crippen LogP contribution >= 0.6 is 11.3 Å². The Balaban J connectivity index is 1.75. The molecule has 24 heavy (non-hydrogen) atoms. The van der Waals surface area contributed by atoms with Gasteiger partial charge in [-0.3, -0.25) is 14.6 Å². The number of nitrogens with zero attached hydrogens (tertiary/aromatic N) is 1. The molecule has 116 valence electrons. The molecular weight excluding hydrogens is 320 g/mol. The fraction of sp³-hybridized carbons (Fsp3) is 0. The number of rotatable bonds is 2. The number of hydrogen-bond donors (Lipinski definition) is 1. The van der Waals surface area contributed by atoms with E-state index in [1.54, 1.807) is 18.3 Å². The van der Waals surface area contributed by atoms with Gasteiger partial charge in [0.15, 0.2) is 0 Å². The first-order chi connectivity index (χ1) is 11.7. The standard InChI is InChI=1S/C19H12N2O2S/c22-18(17-11-12-5-1-2-6-13(12)19(23)24-17)21-16-9-3-8-15-14(16)7-4-10-20-15/h1-11H,(H,21,22). The van der Waals surface area contributed by atoms with Crippen LogP contribution in [0.5, 0.6) is 0 Å². The van der Waals surface area contributed by atoms with E-state index < -0.39 is 0 Å². The normalized spacial score (nSPS) is 10.8. The Labute approximate surface area is 141 Å². The lowest BCUT2D eigenvalue weighted by Gasteiger charge is -2.08. The average molecular weight is 332 g/mol. The van der Waals surface area contributed by atoms with Gasteiger partial charge in [-0.2, -0.15) is 0 Å². The van der Waals surface area contributed by atoms with Gasteiger partial charge in [-0.25, -0.2) is 0 Å². The summed E-state index contributed by atoms with van der Waals surface area (Å²) in [6, 6.07) is 18.3. The second-order valence-electron chi connectivity index (χ2n) is 5.32. The van der Waals surface area contributed by atoms with Gasteiger partial charge in [-0.15, -0.1) is 0 Å². The fourth-order valence-electron chi connectivity index (χ4n) is 2.64. The minimum absolute atomic E-state index is 0.113. The smallest absolute Gasteiger partial charge is 0.265 e. The molecule has 0 aliphatic carbocycles. The highest BCUT2D eigenvalue weighted by Crippen LogP contribution is 2.23. The van der Waals surface area contributed by atoms with Crippen molar-refractivity contribution >= 4 is 44.6 Å². The highest BCUT2D eigenvalue weighted by atomic mass is 32.1. The molecule has 2 aromatic heterocycles. The summed E-state index contributed by atoms with van der Waals surface area (Å²) in [7, 11) is 0. The van der Waals surface area contributed by atoms with Crippen molar-refractivity contribution in [3.63, 3.8) is 0 Å². The molecule has 0 atom stereocenters. The van der Waals surface area contributed by atoms with Gasteiger partial charge in [0, 0.05) is 17.0 Å². The van der Waals surface area contributed by atoms with E-state index in [0.29, 0.717) is 16.0 Å². The van der Waals surface area contributed by atoms with Gasteiger partial charge in [0.05, 0.1) is 16.1 Å². The summed E-state index contributed by atoms with van der Waals surface area (Å²) in [4.78, 5) is 29.5. The molecule has 0 spiro atoms. The number of benzene rings is 2. The first-order valence-electron chi connectivity index (χ1n) is 7.40. The molecule has 1 N–H and O–H groups in total. The van der Waals surface area contributed by atoms with Gasteiger partial charge in [-0.05, 0) is 41.8 Å². The van der Waals surface area contributed by atoms with Gasteiger partial charge >= 0.3 is 0 Å². The molecule has 0 fully saturated rings. The molecule has 4 aromatic rings. The van der Waals surface area contributed by atoms with Crippen molar-refractivity contribution in [1.82, 2.24) is 4.98 Å². The number of hydrogen-bond acceptors (Lipinski definition) is 4. The molecule has 0 unspecified atom stereocenters. The molecule has 0 aliphatic rings. The van der Waals surface area contributed by atoms with Crippen LogP contribution in [0.15, 0.2) is 71.7 Å². The molecule has 0 aliphatic heterocycles. The number of aromatic nitrogens is 1. The highest BCUT2D eigenvalue weighted by molar-refractivity contribution is 7.12. The second kappa shape index (κ2) is 5.86. The molecule has 0 bridgehead atoms. The number of carbonyl (C=O) groups is 1. The number of anilines is 1. The molecule has 0 saturated carbocycles. The minimum Gasteiger partial charge on any atom is -0.321 e. The van der Waals surface area contributed by atoms with Crippen molar-refractivity contribution in [2.24, 2.45) is 0 Å². The summed E-state index contributed by atoms with van der Waals surface area (Å²) >= 11 is 0.956. The van der Waals surface area contributed by atoms with Crippen LogP contribution in [0.2, 0.25) is 0 Å². The molecule has 4 rings (SSSR count). The van der Waals surface area contributed by atoms with Gasteiger partial charge in [-0.1, -0.05) is 35.6 Å².